The van der Waals surface area contributed by atoms with Crippen molar-refractivity contribution in [2.24, 2.45) is 0 Å². The number of hydrogen-bond acceptors (Lipinski definition) is 6. The summed E-state index contributed by atoms with van der Waals surface area (Å²) in [6, 6.07) is 9.28. The number of rotatable bonds is 8. The van der Waals surface area contributed by atoms with Gasteiger partial charge in [0.05, 0.1) is 25.2 Å². The Kier molecular flexibility index (Phi) is 6.55. The van der Waals surface area contributed by atoms with Crippen LogP contribution >= 0.6 is 0 Å². The third kappa shape index (κ3) is 4.60. The summed E-state index contributed by atoms with van der Waals surface area (Å²) in [7, 11) is 0. The fourth-order valence-electron chi connectivity index (χ4n) is 4.36. The van der Waals surface area contributed by atoms with Gasteiger partial charge in [0.25, 0.3) is 5.91 Å². The lowest BCUT2D eigenvalue weighted by Crippen LogP contribution is -2.36. The van der Waals surface area contributed by atoms with Crippen LogP contribution in [0, 0.1) is 6.92 Å². The van der Waals surface area contributed by atoms with Crippen LogP contribution in [-0.4, -0.2) is 37.0 Å². The zero-order valence-corrected chi connectivity index (χ0v) is 20.4. The molecule has 7 nitrogen and oxygen atoms in total. The van der Waals surface area contributed by atoms with E-state index in [-0.39, 0.29) is 23.9 Å². The molecule has 0 radical (unpaired) electrons. The molecule has 2 aromatic carbocycles. The highest BCUT2D eigenvalue weighted by Crippen LogP contribution is 2.40. The topological polar surface area (TPSA) is 87.0 Å². The fraction of sp³-hybridized carbons (Fsp3) is 0.407. The zero-order chi connectivity index (χ0) is 24.5. The second kappa shape index (κ2) is 9.41. The predicted molar refractivity (Wildman–Crippen MR) is 129 cm³/mol. The fourth-order valence-corrected chi connectivity index (χ4v) is 4.36. The molecular weight excluding hydrogens is 434 g/mol. The highest BCUT2D eigenvalue weighted by molar-refractivity contribution is 6.13. The summed E-state index contributed by atoms with van der Waals surface area (Å²) in [4.78, 5) is 25.8. The van der Waals surface area contributed by atoms with Crippen molar-refractivity contribution in [1.29, 1.82) is 0 Å². The summed E-state index contributed by atoms with van der Waals surface area (Å²) in [6.45, 7) is 11.0. The molecule has 34 heavy (non-hydrogen) atoms. The molecular formula is C27H31NO6. The van der Waals surface area contributed by atoms with Gasteiger partial charge in [0.1, 0.15) is 16.9 Å². The number of amides is 1. The number of furan rings is 1. The number of ether oxygens (including phenoxy) is 3. The molecule has 7 heteroatoms. The molecule has 180 valence electrons. The van der Waals surface area contributed by atoms with Gasteiger partial charge in [-0.2, -0.15) is 0 Å². The van der Waals surface area contributed by atoms with E-state index in [9.17, 15) is 9.59 Å². The quantitative estimate of drug-likeness (QED) is 0.489. The Balaban J connectivity index is 1.50. The Morgan fingerprint density at radius 2 is 1.82 bits per heavy atom. The standard InChI is InChI=1S/C27H31NO6/c1-6-31-19-9-8-17(14-22(19)32-7-2)12-13-28-26(30)25-16(3)23-20(33-25)10-11-21-24(23)18(29)15-27(4,5)34-21/h8-11,14H,6-7,12-13,15H2,1-5H3,(H,28,30). The Bertz CT molecular complexity index is 1240. The van der Waals surface area contributed by atoms with Crippen molar-refractivity contribution in [3.63, 3.8) is 0 Å². The molecule has 0 aliphatic carbocycles. The predicted octanol–water partition coefficient (Wildman–Crippen LogP) is 5.25. The van der Waals surface area contributed by atoms with Crippen LogP contribution < -0.4 is 19.5 Å². The molecule has 0 saturated heterocycles. The van der Waals surface area contributed by atoms with Crippen molar-refractivity contribution in [2.45, 2.75) is 53.1 Å². The average molecular weight is 466 g/mol. The molecule has 1 aliphatic heterocycles. The highest BCUT2D eigenvalue weighted by Gasteiger charge is 2.35. The average Bonchev–Trinajstić information content (AvgIpc) is 3.11. The lowest BCUT2D eigenvalue weighted by atomic mass is 9.90. The van der Waals surface area contributed by atoms with E-state index >= 15 is 0 Å². The highest BCUT2D eigenvalue weighted by atomic mass is 16.5. The van der Waals surface area contributed by atoms with Gasteiger partial charge in [0.2, 0.25) is 0 Å². The number of benzene rings is 2. The normalized spacial score (nSPS) is 14.4. The second-order valence-corrected chi connectivity index (χ2v) is 8.98. The molecule has 0 bridgehead atoms. The summed E-state index contributed by atoms with van der Waals surface area (Å²) < 4.78 is 23.2. The first-order chi connectivity index (χ1) is 16.2. The van der Waals surface area contributed by atoms with E-state index in [1.54, 1.807) is 19.1 Å². The molecule has 0 unspecified atom stereocenters. The van der Waals surface area contributed by atoms with E-state index in [2.05, 4.69) is 5.32 Å². The number of Topliss-reactive ketones (excluding diaryl/α,β-unsaturated/α-hetero) is 1. The van der Waals surface area contributed by atoms with Crippen molar-refractivity contribution in [3.05, 3.63) is 52.8 Å². The third-order valence-electron chi connectivity index (χ3n) is 5.82. The molecule has 0 fully saturated rings. The maximum absolute atomic E-state index is 12.9. The Hall–Kier alpha value is -3.48. The maximum Gasteiger partial charge on any atom is 0.287 e. The number of fused-ring (bicyclic) bond motifs is 3. The van der Waals surface area contributed by atoms with Crippen molar-refractivity contribution in [3.8, 4) is 17.2 Å². The minimum absolute atomic E-state index is 0.00619. The van der Waals surface area contributed by atoms with E-state index in [1.807, 2.05) is 45.9 Å². The van der Waals surface area contributed by atoms with Gasteiger partial charge in [-0.05, 0) is 70.9 Å². The number of carbonyl (C=O) groups is 2. The largest absolute Gasteiger partial charge is 0.490 e. The van der Waals surface area contributed by atoms with Gasteiger partial charge in [0, 0.05) is 17.5 Å². The van der Waals surface area contributed by atoms with Crippen molar-refractivity contribution in [2.75, 3.05) is 19.8 Å². The first-order valence-electron chi connectivity index (χ1n) is 11.7. The third-order valence-corrected chi connectivity index (χ3v) is 5.82. The van der Waals surface area contributed by atoms with Gasteiger partial charge in [-0.1, -0.05) is 6.07 Å². The van der Waals surface area contributed by atoms with Crippen LogP contribution in [0.3, 0.4) is 0 Å². The molecule has 1 N–H and O–H groups in total. The van der Waals surface area contributed by atoms with E-state index < -0.39 is 5.60 Å². The number of ketones is 1. The van der Waals surface area contributed by atoms with Crippen LogP contribution in [0.1, 0.15) is 66.2 Å². The van der Waals surface area contributed by atoms with E-state index in [0.717, 1.165) is 5.56 Å². The molecule has 2 heterocycles. The number of aryl methyl sites for hydroxylation is 1. The van der Waals surface area contributed by atoms with Gasteiger partial charge in [-0.3, -0.25) is 9.59 Å². The summed E-state index contributed by atoms with van der Waals surface area (Å²) in [5.41, 5.74) is 2.10. The molecule has 3 aromatic rings. The molecule has 0 atom stereocenters. The minimum Gasteiger partial charge on any atom is -0.490 e. The summed E-state index contributed by atoms with van der Waals surface area (Å²) in [5.74, 6) is 1.82. The van der Waals surface area contributed by atoms with Gasteiger partial charge in [-0.15, -0.1) is 0 Å². The second-order valence-electron chi connectivity index (χ2n) is 8.98. The minimum atomic E-state index is -0.557. The summed E-state index contributed by atoms with van der Waals surface area (Å²) in [5, 5.41) is 3.57. The summed E-state index contributed by atoms with van der Waals surface area (Å²) >= 11 is 0. The van der Waals surface area contributed by atoms with Gasteiger partial charge >= 0.3 is 0 Å². The number of hydrogen-bond donors (Lipinski definition) is 1. The molecule has 1 aliphatic rings. The van der Waals surface area contributed by atoms with Crippen LogP contribution in [0.15, 0.2) is 34.7 Å². The van der Waals surface area contributed by atoms with Crippen LogP contribution in [0.5, 0.6) is 17.2 Å². The first kappa shape index (κ1) is 23.7. The summed E-state index contributed by atoms with van der Waals surface area (Å²) in [6.07, 6.45) is 0.894. The molecule has 0 spiro atoms. The van der Waals surface area contributed by atoms with Crippen molar-refractivity contribution < 1.29 is 28.2 Å². The Labute approximate surface area is 199 Å². The van der Waals surface area contributed by atoms with Crippen LogP contribution in [0.4, 0.5) is 0 Å². The van der Waals surface area contributed by atoms with Crippen molar-refractivity contribution in [1.82, 2.24) is 5.32 Å². The molecule has 1 aromatic heterocycles. The maximum atomic E-state index is 12.9. The van der Waals surface area contributed by atoms with E-state index in [4.69, 9.17) is 18.6 Å². The van der Waals surface area contributed by atoms with Gasteiger partial charge in [0.15, 0.2) is 23.0 Å². The molecule has 4 rings (SSSR count). The lowest BCUT2D eigenvalue weighted by Gasteiger charge is -2.31. The Morgan fingerprint density at radius 1 is 1.09 bits per heavy atom. The van der Waals surface area contributed by atoms with Crippen LogP contribution in [0.2, 0.25) is 0 Å². The van der Waals surface area contributed by atoms with Crippen LogP contribution in [0.25, 0.3) is 11.0 Å². The van der Waals surface area contributed by atoms with E-state index in [0.29, 0.717) is 65.5 Å². The van der Waals surface area contributed by atoms with Crippen molar-refractivity contribution >= 4 is 22.7 Å². The lowest BCUT2D eigenvalue weighted by molar-refractivity contribution is 0.0623. The SMILES string of the molecule is CCOc1ccc(CCNC(=O)c2oc3ccc4c(c3c2C)C(=O)CC(C)(C)O4)cc1OCC. The zero-order valence-electron chi connectivity index (χ0n) is 20.4. The molecule has 1 amide bonds. The van der Waals surface area contributed by atoms with Gasteiger partial charge < -0.3 is 23.9 Å². The van der Waals surface area contributed by atoms with Gasteiger partial charge in [-0.25, -0.2) is 0 Å². The van der Waals surface area contributed by atoms with E-state index in [1.165, 1.54) is 0 Å². The molecule has 0 saturated carbocycles. The number of carbonyl (C=O) groups excluding carboxylic acids is 2. The monoisotopic (exact) mass is 465 g/mol. The Morgan fingerprint density at radius 3 is 2.56 bits per heavy atom. The van der Waals surface area contributed by atoms with Crippen LogP contribution in [-0.2, 0) is 6.42 Å². The smallest absolute Gasteiger partial charge is 0.287 e. The first-order valence-corrected chi connectivity index (χ1v) is 11.7. The number of nitrogens with one attached hydrogen (secondary N) is 1.